The van der Waals surface area contributed by atoms with Crippen LogP contribution in [0.2, 0.25) is 0 Å². The molecule has 2 heteroatoms. The highest BCUT2D eigenvalue weighted by Gasteiger charge is 1.83. The second-order valence-corrected chi connectivity index (χ2v) is 1.69. The van der Waals surface area contributed by atoms with E-state index in [1.54, 1.807) is 14.2 Å². The summed E-state index contributed by atoms with van der Waals surface area (Å²) in [7, 11) is 3.43. The van der Waals surface area contributed by atoms with Crippen LogP contribution in [0.15, 0.2) is 0 Å². The SMILES string of the molecule is COCCCCOC. The minimum Gasteiger partial charge on any atom is -0.385 e. The molecule has 50 valence electrons. The van der Waals surface area contributed by atoms with E-state index in [9.17, 15) is 0 Å². The van der Waals surface area contributed by atoms with Crippen LogP contribution in [0.25, 0.3) is 0 Å². The van der Waals surface area contributed by atoms with Crippen LogP contribution >= 0.6 is 0 Å². The van der Waals surface area contributed by atoms with Gasteiger partial charge in [-0.3, -0.25) is 0 Å². The van der Waals surface area contributed by atoms with Crippen molar-refractivity contribution in [1.82, 2.24) is 0 Å². The lowest BCUT2D eigenvalue weighted by atomic mass is 10.3. The molecule has 0 amide bonds. The summed E-state index contributed by atoms with van der Waals surface area (Å²) in [6.45, 7) is 1.70. The third kappa shape index (κ3) is 5.92. The van der Waals surface area contributed by atoms with E-state index in [-0.39, 0.29) is 0 Å². The Kier molecular flexibility index (Phi) is 6.85. The van der Waals surface area contributed by atoms with Gasteiger partial charge in [-0.15, -0.1) is 0 Å². The van der Waals surface area contributed by atoms with E-state index < -0.39 is 0 Å². The quantitative estimate of drug-likeness (QED) is 0.502. The number of rotatable bonds is 5. The minimum absolute atomic E-state index is 0.851. The van der Waals surface area contributed by atoms with E-state index in [2.05, 4.69) is 0 Å². The lowest BCUT2D eigenvalue weighted by molar-refractivity contribution is 0.159. The number of hydrogen-bond donors (Lipinski definition) is 0. The zero-order valence-corrected chi connectivity index (χ0v) is 5.64. The molecule has 0 saturated heterocycles. The van der Waals surface area contributed by atoms with Gasteiger partial charge in [0.1, 0.15) is 0 Å². The van der Waals surface area contributed by atoms with Crippen LogP contribution in [0, 0.1) is 0 Å². The van der Waals surface area contributed by atoms with E-state index in [4.69, 9.17) is 9.47 Å². The Morgan fingerprint density at radius 2 is 1.25 bits per heavy atom. The van der Waals surface area contributed by atoms with Crippen molar-refractivity contribution in [3.8, 4) is 0 Å². The molecular formula is C6H14O2. The van der Waals surface area contributed by atoms with E-state index in [1.807, 2.05) is 0 Å². The lowest BCUT2D eigenvalue weighted by Gasteiger charge is -1.96. The fourth-order valence-corrected chi connectivity index (χ4v) is 0.493. The summed E-state index contributed by atoms with van der Waals surface area (Å²) in [5.41, 5.74) is 0. The number of unbranched alkanes of at least 4 members (excludes halogenated alkanes) is 1. The second-order valence-electron chi connectivity index (χ2n) is 1.69. The van der Waals surface area contributed by atoms with Crippen molar-refractivity contribution >= 4 is 0 Å². The van der Waals surface area contributed by atoms with Gasteiger partial charge >= 0.3 is 0 Å². The van der Waals surface area contributed by atoms with Crippen LogP contribution in [0.3, 0.4) is 0 Å². The molecule has 8 heavy (non-hydrogen) atoms. The molecule has 0 radical (unpaired) electrons. The van der Waals surface area contributed by atoms with Gasteiger partial charge in [-0.05, 0) is 12.8 Å². The summed E-state index contributed by atoms with van der Waals surface area (Å²) >= 11 is 0. The highest BCUT2D eigenvalue weighted by atomic mass is 16.5. The maximum absolute atomic E-state index is 4.83. The molecule has 0 aromatic rings. The third-order valence-corrected chi connectivity index (χ3v) is 0.947. The number of methoxy groups -OCH3 is 2. The van der Waals surface area contributed by atoms with Crippen LogP contribution in [-0.2, 0) is 9.47 Å². The molecule has 0 aliphatic carbocycles. The second kappa shape index (κ2) is 6.92. The summed E-state index contributed by atoms with van der Waals surface area (Å²) < 4.78 is 9.67. The van der Waals surface area contributed by atoms with Gasteiger partial charge in [0, 0.05) is 27.4 Å². The van der Waals surface area contributed by atoms with Crippen molar-refractivity contribution in [3.63, 3.8) is 0 Å². The molecule has 0 aromatic carbocycles. The standard InChI is InChI=1S/C6H14O2/c1-7-5-3-4-6-8-2/h3-6H2,1-2H3. The van der Waals surface area contributed by atoms with Crippen LogP contribution < -0.4 is 0 Å². The first-order chi connectivity index (χ1) is 3.91. The Morgan fingerprint density at radius 1 is 0.875 bits per heavy atom. The topological polar surface area (TPSA) is 18.5 Å². The van der Waals surface area contributed by atoms with Gasteiger partial charge in [-0.25, -0.2) is 0 Å². The predicted octanol–water partition coefficient (Wildman–Crippen LogP) is 1.06. The van der Waals surface area contributed by atoms with Gasteiger partial charge in [-0.2, -0.15) is 0 Å². The summed E-state index contributed by atoms with van der Waals surface area (Å²) in [6.07, 6.45) is 2.20. The Labute approximate surface area is 50.8 Å². The van der Waals surface area contributed by atoms with Gasteiger partial charge in [0.2, 0.25) is 0 Å². The van der Waals surface area contributed by atoms with Gasteiger partial charge < -0.3 is 9.47 Å². The Balaban J connectivity index is 2.53. The average Bonchev–Trinajstić information content (AvgIpc) is 1.81. The molecule has 0 unspecified atom stereocenters. The number of hydrogen-bond acceptors (Lipinski definition) is 2. The van der Waals surface area contributed by atoms with Crippen LogP contribution in [-0.4, -0.2) is 27.4 Å². The predicted molar refractivity (Wildman–Crippen MR) is 33.0 cm³/mol. The fourth-order valence-electron chi connectivity index (χ4n) is 0.493. The van der Waals surface area contributed by atoms with Crippen molar-refractivity contribution < 1.29 is 9.47 Å². The van der Waals surface area contributed by atoms with Gasteiger partial charge in [0.15, 0.2) is 0 Å². The van der Waals surface area contributed by atoms with Crippen molar-refractivity contribution in [3.05, 3.63) is 0 Å². The summed E-state index contributed by atoms with van der Waals surface area (Å²) in [6, 6.07) is 0. The van der Waals surface area contributed by atoms with E-state index >= 15 is 0 Å². The molecule has 0 N–H and O–H groups in total. The first kappa shape index (κ1) is 7.92. The van der Waals surface area contributed by atoms with E-state index in [0.717, 1.165) is 26.1 Å². The molecule has 0 fully saturated rings. The van der Waals surface area contributed by atoms with Gasteiger partial charge in [0.25, 0.3) is 0 Å². The third-order valence-electron chi connectivity index (χ3n) is 0.947. The minimum atomic E-state index is 0.851. The largest absolute Gasteiger partial charge is 0.385 e. The molecule has 0 aromatic heterocycles. The fraction of sp³-hybridized carbons (Fsp3) is 1.00. The zero-order chi connectivity index (χ0) is 6.24. The first-order valence-corrected chi connectivity index (χ1v) is 2.89. The van der Waals surface area contributed by atoms with Crippen LogP contribution in [0.1, 0.15) is 12.8 Å². The first-order valence-electron chi connectivity index (χ1n) is 2.89. The smallest absolute Gasteiger partial charge is 0.0463 e. The molecule has 0 aliphatic heterocycles. The Hall–Kier alpha value is -0.0800. The highest BCUT2D eigenvalue weighted by molar-refractivity contribution is 4.34. The number of ether oxygens (including phenoxy) is 2. The molecule has 2 nitrogen and oxygen atoms in total. The van der Waals surface area contributed by atoms with Crippen molar-refractivity contribution in [2.45, 2.75) is 12.8 Å². The Bertz CT molecular complexity index is 31.5. The van der Waals surface area contributed by atoms with Gasteiger partial charge in [0.05, 0.1) is 0 Å². The van der Waals surface area contributed by atoms with Crippen molar-refractivity contribution in [1.29, 1.82) is 0 Å². The van der Waals surface area contributed by atoms with Crippen molar-refractivity contribution in [2.75, 3.05) is 27.4 Å². The molecule has 0 spiro atoms. The molecule has 0 saturated carbocycles. The zero-order valence-electron chi connectivity index (χ0n) is 5.64. The van der Waals surface area contributed by atoms with Gasteiger partial charge in [-0.1, -0.05) is 0 Å². The van der Waals surface area contributed by atoms with Crippen molar-refractivity contribution in [2.24, 2.45) is 0 Å². The van der Waals surface area contributed by atoms with E-state index in [1.165, 1.54) is 0 Å². The summed E-state index contributed by atoms with van der Waals surface area (Å²) in [5, 5.41) is 0. The molecule has 0 aliphatic rings. The highest BCUT2D eigenvalue weighted by Crippen LogP contribution is 1.87. The normalized spacial score (nSPS) is 9.75. The average molecular weight is 118 g/mol. The molecule has 0 bridgehead atoms. The molecule has 0 heterocycles. The molecule has 0 rings (SSSR count). The maximum atomic E-state index is 4.83. The van der Waals surface area contributed by atoms with E-state index in [0.29, 0.717) is 0 Å². The maximum Gasteiger partial charge on any atom is 0.0463 e. The monoisotopic (exact) mass is 118 g/mol. The summed E-state index contributed by atoms with van der Waals surface area (Å²) in [4.78, 5) is 0. The molecular weight excluding hydrogens is 104 g/mol. The lowest BCUT2D eigenvalue weighted by Crippen LogP contribution is -1.92. The molecule has 0 atom stereocenters. The summed E-state index contributed by atoms with van der Waals surface area (Å²) in [5.74, 6) is 0. The Morgan fingerprint density at radius 3 is 1.50 bits per heavy atom. The van der Waals surface area contributed by atoms with Crippen LogP contribution in [0.5, 0.6) is 0 Å². The van der Waals surface area contributed by atoms with Crippen LogP contribution in [0.4, 0.5) is 0 Å².